The third-order valence-electron chi connectivity index (χ3n) is 5.26. The molecule has 3 aromatic heterocycles. The second-order valence-electron chi connectivity index (χ2n) is 8.11. The van der Waals surface area contributed by atoms with Crippen molar-refractivity contribution in [3.05, 3.63) is 77.1 Å². The standard InChI is InChI=1S/C23H26N6O2/c1-16(2)14-29-20-7-10-28(23(31)18-6-4-9-25-13-18)15-19(20)21(27-29)22(30)26-12-17-5-3-8-24-11-17/h3-6,8-9,11,13,16H,7,10,12,14-15H2,1-2H3,(H,26,30). The highest BCUT2D eigenvalue weighted by Crippen LogP contribution is 2.25. The number of carbonyl (C=O) groups excluding carboxylic acids is 2. The van der Waals surface area contributed by atoms with Gasteiger partial charge < -0.3 is 10.2 Å². The van der Waals surface area contributed by atoms with E-state index in [2.05, 4.69) is 34.2 Å². The molecule has 0 unspecified atom stereocenters. The second-order valence-corrected chi connectivity index (χ2v) is 8.11. The zero-order chi connectivity index (χ0) is 21.8. The van der Waals surface area contributed by atoms with Crippen LogP contribution in [0, 0.1) is 5.92 Å². The summed E-state index contributed by atoms with van der Waals surface area (Å²) in [5.74, 6) is 0.0701. The summed E-state index contributed by atoms with van der Waals surface area (Å²) < 4.78 is 1.94. The van der Waals surface area contributed by atoms with Gasteiger partial charge in [-0.15, -0.1) is 0 Å². The molecule has 4 rings (SSSR count). The Labute approximate surface area is 181 Å². The number of hydrogen-bond acceptors (Lipinski definition) is 5. The Hall–Kier alpha value is -3.55. The van der Waals surface area contributed by atoms with Crippen LogP contribution in [0.3, 0.4) is 0 Å². The van der Waals surface area contributed by atoms with Crippen LogP contribution in [0.15, 0.2) is 49.1 Å². The van der Waals surface area contributed by atoms with E-state index in [0.717, 1.165) is 23.4 Å². The fraction of sp³-hybridized carbons (Fsp3) is 0.348. The van der Waals surface area contributed by atoms with E-state index in [-0.39, 0.29) is 11.8 Å². The largest absolute Gasteiger partial charge is 0.346 e. The van der Waals surface area contributed by atoms with Crippen LogP contribution in [-0.4, -0.2) is 43.0 Å². The molecule has 0 bridgehead atoms. The fourth-order valence-corrected chi connectivity index (χ4v) is 3.78. The summed E-state index contributed by atoms with van der Waals surface area (Å²) in [6.07, 6.45) is 7.30. The van der Waals surface area contributed by atoms with E-state index in [4.69, 9.17) is 0 Å². The summed E-state index contributed by atoms with van der Waals surface area (Å²) in [5.41, 5.74) is 3.72. The van der Waals surface area contributed by atoms with E-state index in [9.17, 15) is 9.59 Å². The van der Waals surface area contributed by atoms with Gasteiger partial charge in [-0.05, 0) is 29.7 Å². The number of pyridine rings is 2. The molecule has 31 heavy (non-hydrogen) atoms. The molecule has 3 aromatic rings. The van der Waals surface area contributed by atoms with Crippen molar-refractivity contribution in [1.82, 2.24) is 30.0 Å². The van der Waals surface area contributed by atoms with Crippen molar-refractivity contribution in [2.45, 2.75) is 39.9 Å². The molecule has 8 nitrogen and oxygen atoms in total. The lowest BCUT2D eigenvalue weighted by molar-refractivity contribution is 0.0729. The molecule has 8 heteroatoms. The predicted molar refractivity (Wildman–Crippen MR) is 115 cm³/mol. The summed E-state index contributed by atoms with van der Waals surface area (Å²) in [5, 5.41) is 7.59. The van der Waals surface area contributed by atoms with E-state index < -0.39 is 0 Å². The highest BCUT2D eigenvalue weighted by molar-refractivity contribution is 5.96. The number of fused-ring (bicyclic) bond motifs is 1. The van der Waals surface area contributed by atoms with Gasteiger partial charge in [0.05, 0.1) is 12.1 Å². The van der Waals surface area contributed by atoms with Crippen LogP contribution < -0.4 is 5.32 Å². The normalized spacial score (nSPS) is 13.2. The summed E-state index contributed by atoms with van der Waals surface area (Å²) >= 11 is 0. The maximum absolute atomic E-state index is 13.0. The van der Waals surface area contributed by atoms with E-state index in [0.29, 0.717) is 43.2 Å². The van der Waals surface area contributed by atoms with Crippen molar-refractivity contribution in [2.24, 2.45) is 5.92 Å². The molecule has 0 aromatic carbocycles. The molecule has 160 valence electrons. The van der Waals surface area contributed by atoms with Gasteiger partial charge in [0.2, 0.25) is 0 Å². The average Bonchev–Trinajstić information content (AvgIpc) is 3.15. The molecule has 4 heterocycles. The summed E-state index contributed by atoms with van der Waals surface area (Å²) in [6.45, 7) is 6.29. The van der Waals surface area contributed by atoms with Crippen LogP contribution in [0.25, 0.3) is 0 Å². The van der Waals surface area contributed by atoms with Crippen molar-refractivity contribution in [2.75, 3.05) is 6.54 Å². The number of amides is 2. The van der Waals surface area contributed by atoms with Crippen molar-refractivity contribution < 1.29 is 9.59 Å². The van der Waals surface area contributed by atoms with Gasteiger partial charge in [-0.1, -0.05) is 19.9 Å². The fourth-order valence-electron chi connectivity index (χ4n) is 3.78. The van der Waals surface area contributed by atoms with Crippen LogP contribution in [0.2, 0.25) is 0 Å². The first kappa shape index (κ1) is 20.7. The minimum atomic E-state index is -0.238. The SMILES string of the molecule is CC(C)Cn1nc(C(=O)NCc2cccnc2)c2c1CCN(C(=O)c1cccnc1)C2. The quantitative estimate of drug-likeness (QED) is 0.664. The van der Waals surface area contributed by atoms with Crippen molar-refractivity contribution >= 4 is 11.8 Å². The van der Waals surface area contributed by atoms with Crippen LogP contribution in [-0.2, 0) is 26.1 Å². The lowest BCUT2D eigenvalue weighted by Crippen LogP contribution is -2.37. The molecular formula is C23H26N6O2. The first-order chi connectivity index (χ1) is 15.0. The van der Waals surface area contributed by atoms with Gasteiger partial charge >= 0.3 is 0 Å². The molecular weight excluding hydrogens is 392 g/mol. The highest BCUT2D eigenvalue weighted by Gasteiger charge is 2.30. The third kappa shape index (κ3) is 4.63. The summed E-state index contributed by atoms with van der Waals surface area (Å²) in [6, 6.07) is 7.26. The highest BCUT2D eigenvalue weighted by atomic mass is 16.2. The van der Waals surface area contributed by atoms with Gasteiger partial charge in [0, 0.05) is 62.1 Å². The number of nitrogens with zero attached hydrogens (tertiary/aromatic N) is 5. The molecule has 0 aliphatic carbocycles. The van der Waals surface area contributed by atoms with E-state index in [1.165, 1.54) is 0 Å². The molecule has 0 spiro atoms. The van der Waals surface area contributed by atoms with Gasteiger partial charge in [0.15, 0.2) is 5.69 Å². The van der Waals surface area contributed by atoms with E-state index >= 15 is 0 Å². The van der Waals surface area contributed by atoms with Crippen molar-refractivity contribution in [1.29, 1.82) is 0 Å². The first-order valence-corrected chi connectivity index (χ1v) is 10.5. The average molecular weight is 419 g/mol. The predicted octanol–water partition coefficient (Wildman–Crippen LogP) is 2.46. The molecule has 0 saturated carbocycles. The molecule has 0 radical (unpaired) electrons. The minimum Gasteiger partial charge on any atom is -0.346 e. The molecule has 0 saturated heterocycles. The topological polar surface area (TPSA) is 93.0 Å². The molecule has 0 atom stereocenters. The maximum atomic E-state index is 13.0. The summed E-state index contributed by atoms with van der Waals surface area (Å²) in [7, 11) is 0. The van der Waals surface area contributed by atoms with Gasteiger partial charge in [-0.2, -0.15) is 5.10 Å². The minimum absolute atomic E-state index is 0.0860. The van der Waals surface area contributed by atoms with Gasteiger partial charge in [-0.25, -0.2) is 0 Å². The maximum Gasteiger partial charge on any atom is 0.272 e. The Balaban J connectivity index is 1.58. The van der Waals surface area contributed by atoms with Gasteiger partial charge in [-0.3, -0.25) is 24.2 Å². The Morgan fingerprint density at radius 1 is 1.13 bits per heavy atom. The summed E-state index contributed by atoms with van der Waals surface area (Å²) in [4.78, 5) is 35.8. The molecule has 1 aliphatic heterocycles. The van der Waals surface area contributed by atoms with E-state index in [1.807, 2.05) is 16.8 Å². The van der Waals surface area contributed by atoms with Gasteiger partial charge in [0.25, 0.3) is 11.8 Å². The number of aromatic nitrogens is 4. The number of hydrogen-bond donors (Lipinski definition) is 1. The lowest BCUT2D eigenvalue weighted by atomic mass is 10.0. The first-order valence-electron chi connectivity index (χ1n) is 10.5. The zero-order valence-corrected chi connectivity index (χ0v) is 17.8. The number of carbonyl (C=O) groups is 2. The molecule has 1 aliphatic rings. The molecule has 0 fully saturated rings. The third-order valence-corrected chi connectivity index (χ3v) is 5.26. The van der Waals surface area contributed by atoms with Crippen LogP contribution >= 0.6 is 0 Å². The Bertz CT molecular complexity index is 1060. The van der Waals surface area contributed by atoms with Crippen LogP contribution in [0.4, 0.5) is 0 Å². The molecule has 1 N–H and O–H groups in total. The lowest BCUT2D eigenvalue weighted by Gasteiger charge is -2.28. The van der Waals surface area contributed by atoms with Crippen LogP contribution in [0.1, 0.15) is 51.5 Å². The molecule has 2 amide bonds. The number of rotatable bonds is 6. The Kier molecular flexibility index (Phi) is 6.06. The van der Waals surface area contributed by atoms with Crippen molar-refractivity contribution in [3.8, 4) is 0 Å². The number of nitrogens with one attached hydrogen (secondary N) is 1. The van der Waals surface area contributed by atoms with Crippen molar-refractivity contribution in [3.63, 3.8) is 0 Å². The zero-order valence-electron chi connectivity index (χ0n) is 17.8. The Morgan fingerprint density at radius 2 is 1.90 bits per heavy atom. The van der Waals surface area contributed by atoms with E-state index in [1.54, 1.807) is 41.8 Å². The Morgan fingerprint density at radius 3 is 2.58 bits per heavy atom. The smallest absolute Gasteiger partial charge is 0.272 e. The second kappa shape index (κ2) is 9.07. The van der Waals surface area contributed by atoms with Crippen LogP contribution in [0.5, 0.6) is 0 Å². The monoisotopic (exact) mass is 418 g/mol. The van der Waals surface area contributed by atoms with Gasteiger partial charge in [0.1, 0.15) is 0 Å².